The third-order valence-electron chi connectivity index (χ3n) is 6.01. The van der Waals surface area contributed by atoms with Gasteiger partial charge in [0.25, 0.3) is 0 Å². The second kappa shape index (κ2) is 9.49. The maximum atomic E-state index is 12.6. The summed E-state index contributed by atoms with van der Waals surface area (Å²) in [5.74, 6) is 1.89. The second-order valence-electron chi connectivity index (χ2n) is 8.04. The van der Waals surface area contributed by atoms with E-state index in [0.29, 0.717) is 34.7 Å². The highest BCUT2D eigenvalue weighted by Crippen LogP contribution is 2.24. The number of halogens is 1. The molecule has 7 nitrogen and oxygen atoms in total. The fraction of sp³-hybridized carbons (Fsp3) is 0.571. The summed E-state index contributed by atoms with van der Waals surface area (Å²) < 4.78 is 10.2. The zero-order valence-electron chi connectivity index (χ0n) is 17.3. The number of carbonyl (C=O) groups is 1. The second-order valence-corrected chi connectivity index (χ2v) is 8.81. The average Bonchev–Trinajstić information content (AvgIpc) is 3.38. The molecular weight excluding hydrogens is 422 g/mol. The lowest BCUT2D eigenvalue weighted by molar-refractivity contribution is -0.136. The summed E-state index contributed by atoms with van der Waals surface area (Å²) in [6, 6.07) is 7.39. The van der Waals surface area contributed by atoms with Crippen LogP contribution in [0.15, 0.2) is 24.3 Å². The quantitative estimate of drug-likeness (QED) is 0.632. The molecule has 3 heterocycles. The minimum atomic E-state index is 0.163. The lowest BCUT2D eigenvalue weighted by Crippen LogP contribution is -2.42. The minimum absolute atomic E-state index is 0.163. The number of hydrogen-bond donors (Lipinski definition) is 0. The predicted octanol–water partition coefficient (Wildman–Crippen LogP) is 3.48. The molecule has 2 fully saturated rings. The molecule has 1 aromatic heterocycles. The summed E-state index contributed by atoms with van der Waals surface area (Å²) in [7, 11) is 1.90. The first-order valence-corrected chi connectivity index (χ1v) is 11.3. The normalized spacial score (nSPS) is 18.1. The van der Waals surface area contributed by atoms with Crippen LogP contribution in [-0.2, 0) is 25.1 Å². The van der Waals surface area contributed by atoms with Crippen LogP contribution in [0.3, 0.4) is 0 Å². The van der Waals surface area contributed by atoms with E-state index >= 15 is 0 Å². The van der Waals surface area contributed by atoms with Gasteiger partial charge in [-0.05, 0) is 50.0 Å². The molecule has 2 aliphatic rings. The van der Waals surface area contributed by atoms with Crippen molar-refractivity contribution in [2.45, 2.75) is 39.0 Å². The Kier molecular flexibility index (Phi) is 6.75. The van der Waals surface area contributed by atoms with Gasteiger partial charge < -0.3 is 14.2 Å². The fourth-order valence-electron chi connectivity index (χ4n) is 4.16. The molecule has 0 atom stereocenters. The van der Waals surface area contributed by atoms with E-state index in [1.54, 1.807) is 6.07 Å². The van der Waals surface area contributed by atoms with Crippen molar-refractivity contribution >= 4 is 29.7 Å². The van der Waals surface area contributed by atoms with E-state index in [1.807, 2.05) is 39.4 Å². The van der Waals surface area contributed by atoms with E-state index in [4.69, 9.17) is 28.6 Å². The first-order chi connectivity index (χ1) is 14.5. The first-order valence-electron chi connectivity index (χ1n) is 10.5. The van der Waals surface area contributed by atoms with E-state index in [9.17, 15) is 4.79 Å². The number of benzene rings is 1. The molecule has 0 spiro atoms. The largest absolute Gasteiger partial charge is 0.484 e. The highest BCUT2D eigenvalue weighted by molar-refractivity contribution is 7.71. The number of rotatable bonds is 6. The van der Waals surface area contributed by atoms with E-state index in [-0.39, 0.29) is 5.92 Å². The molecule has 162 valence electrons. The van der Waals surface area contributed by atoms with Crippen LogP contribution < -0.4 is 4.74 Å². The van der Waals surface area contributed by atoms with E-state index in [0.717, 1.165) is 57.7 Å². The number of likely N-dealkylation sites (tertiary alicyclic amines) is 2. The summed E-state index contributed by atoms with van der Waals surface area (Å²) in [5, 5.41) is 5.23. The van der Waals surface area contributed by atoms with E-state index in [1.165, 1.54) is 0 Å². The topological polar surface area (TPSA) is 55.5 Å². The van der Waals surface area contributed by atoms with Crippen LogP contribution in [0.1, 0.15) is 31.5 Å². The van der Waals surface area contributed by atoms with Crippen molar-refractivity contribution in [3.05, 3.63) is 39.9 Å². The smallest absolute Gasteiger partial charge is 0.225 e. The standard InChI is InChI=1S/C21H28ClN5O2S/c1-24-19(14-29-18-7-3-2-6-17(18)22)23-27(21(24)30)15-25-12-8-16(9-13-25)20(28)26-10-4-5-11-26/h2-3,6-7,16H,4-5,8-15H2,1H3. The molecule has 2 saturated heterocycles. The van der Waals surface area contributed by atoms with Crippen LogP contribution in [0.2, 0.25) is 5.02 Å². The van der Waals surface area contributed by atoms with Gasteiger partial charge in [0.05, 0.1) is 11.7 Å². The molecule has 30 heavy (non-hydrogen) atoms. The molecule has 0 saturated carbocycles. The van der Waals surface area contributed by atoms with Crippen LogP contribution in [0.4, 0.5) is 0 Å². The molecule has 0 radical (unpaired) electrons. The zero-order chi connectivity index (χ0) is 21.1. The number of carbonyl (C=O) groups excluding carboxylic acids is 1. The Balaban J connectivity index is 1.33. The molecule has 2 aromatic rings. The first kappa shape index (κ1) is 21.3. The van der Waals surface area contributed by atoms with E-state index < -0.39 is 0 Å². The molecule has 0 bridgehead atoms. The van der Waals surface area contributed by atoms with Crippen LogP contribution in [0, 0.1) is 10.7 Å². The van der Waals surface area contributed by atoms with Gasteiger partial charge in [-0.25, -0.2) is 4.68 Å². The Morgan fingerprint density at radius 1 is 1.20 bits per heavy atom. The highest BCUT2D eigenvalue weighted by Gasteiger charge is 2.30. The summed E-state index contributed by atoms with van der Waals surface area (Å²) in [6.45, 7) is 4.55. The number of hydrogen-bond acceptors (Lipinski definition) is 5. The van der Waals surface area contributed by atoms with Crippen molar-refractivity contribution in [3.8, 4) is 5.75 Å². The number of aromatic nitrogens is 3. The molecule has 1 aromatic carbocycles. The van der Waals surface area contributed by atoms with Gasteiger partial charge in [-0.15, -0.1) is 0 Å². The number of ether oxygens (including phenoxy) is 1. The van der Waals surface area contributed by atoms with Gasteiger partial charge in [-0.3, -0.25) is 9.69 Å². The van der Waals surface area contributed by atoms with E-state index in [2.05, 4.69) is 10.00 Å². The lowest BCUT2D eigenvalue weighted by atomic mass is 9.95. The van der Waals surface area contributed by atoms with Gasteiger partial charge >= 0.3 is 0 Å². The molecule has 4 rings (SSSR count). The van der Waals surface area contributed by atoms with Gasteiger partial charge in [0, 0.05) is 39.1 Å². The Morgan fingerprint density at radius 3 is 2.60 bits per heavy atom. The number of piperidine rings is 1. The van der Waals surface area contributed by atoms with Crippen molar-refractivity contribution in [2.24, 2.45) is 13.0 Å². The van der Waals surface area contributed by atoms with Gasteiger partial charge in [-0.2, -0.15) is 5.10 Å². The van der Waals surface area contributed by atoms with Gasteiger partial charge in [0.15, 0.2) is 10.6 Å². The monoisotopic (exact) mass is 449 g/mol. The third-order valence-corrected chi connectivity index (χ3v) is 6.81. The van der Waals surface area contributed by atoms with Crippen LogP contribution >= 0.6 is 23.8 Å². The molecule has 0 aliphatic carbocycles. The number of amides is 1. The van der Waals surface area contributed by atoms with Crippen molar-refractivity contribution < 1.29 is 9.53 Å². The SMILES string of the molecule is Cn1c(COc2ccccc2Cl)nn(CN2CCC(C(=O)N3CCCC3)CC2)c1=S. The van der Waals surface area contributed by atoms with Gasteiger partial charge in [-0.1, -0.05) is 23.7 Å². The fourth-order valence-corrected chi connectivity index (χ4v) is 4.56. The average molecular weight is 450 g/mol. The van der Waals surface area contributed by atoms with Crippen LogP contribution in [0.25, 0.3) is 0 Å². The van der Waals surface area contributed by atoms with Gasteiger partial charge in [0.1, 0.15) is 12.4 Å². The molecule has 0 unspecified atom stereocenters. The highest BCUT2D eigenvalue weighted by atomic mass is 35.5. The maximum absolute atomic E-state index is 12.6. The number of nitrogens with zero attached hydrogens (tertiary/aromatic N) is 5. The third kappa shape index (κ3) is 4.71. The Morgan fingerprint density at radius 2 is 1.90 bits per heavy atom. The van der Waals surface area contributed by atoms with Crippen molar-refractivity contribution in [1.29, 1.82) is 0 Å². The summed E-state index contributed by atoms with van der Waals surface area (Å²) in [5.41, 5.74) is 0. The molecule has 9 heteroatoms. The summed E-state index contributed by atoms with van der Waals surface area (Å²) >= 11 is 11.7. The predicted molar refractivity (Wildman–Crippen MR) is 118 cm³/mol. The zero-order valence-corrected chi connectivity index (χ0v) is 18.9. The van der Waals surface area contributed by atoms with Crippen molar-refractivity contribution in [1.82, 2.24) is 24.1 Å². The Bertz CT molecular complexity index is 945. The Hall–Kier alpha value is -1.90. The molecule has 2 aliphatic heterocycles. The van der Waals surface area contributed by atoms with Crippen LogP contribution in [-0.4, -0.2) is 56.2 Å². The maximum Gasteiger partial charge on any atom is 0.225 e. The van der Waals surface area contributed by atoms with Gasteiger partial charge in [0.2, 0.25) is 5.91 Å². The van der Waals surface area contributed by atoms with Crippen molar-refractivity contribution in [2.75, 3.05) is 26.2 Å². The van der Waals surface area contributed by atoms with Crippen LogP contribution in [0.5, 0.6) is 5.75 Å². The Labute approximate surface area is 187 Å². The summed E-state index contributed by atoms with van der Waals surface area (Å²) in [4.78, 5) is 17.0. The molecular formula is C21H28ClN5O2S. The minimum Gasteiger partial charge on any atom is -0.484 e. The summed E-state index contributed by atoms with van der Waals surface area (Å²) in [6.07, 6.45) is 4.09. The number of para-hydroxylation sites is 1. The molecule has 0 N–H and O–H groups in total. The lowest BCUT2D eigenvalue weighted by Gasteiger charge is -2.32. The van der Waals surface area contributed by atoms with Crippen molar-refractivity contribution in [3.63, 3.8) is 0 Å². The molecule has 1 amide bonds.